The molecule has 0 aliphatic carbocycles. The topological polar surface area (TPSA) is 75.6 Å². The Bertz CT molecular complexity index is 728. The zero-order valence-corrected chi connectivity index (χ0v) is 11.6. The first-order chi connectivity index (χ1) is 10.2. The van der Waals surface area contributed by atoms with Gasteiger partial charge >= 0.3 is 0 Å². The summed E-state index contributed by atoms with van der Waals surface area (Å²) in [6.45, 7) is 2.52. The van der Waals surface area contributed by atoms with Crippen LogP contribution in [0.25, 0.3) is 0 Å². The lowest BCUT2D eigenvalue weighted by Gasteiger charge is -2.06. The van der Waals surface area contributed by atoms with Crippen LogP contribution in [-0.4, -0.2) is 25.9 Å². The smallest absolute Gasteiger partial charge is 0.259 e. The molecule has 0 unspecified atom stereocenters. The van der Waals surface area contributed by atoms with Crippen molar-refractivity contribution in [2.75, 3.05) is 5.32 Å². The largest absolute Gasteiger partial charge is 0.322 e. The van der Waals surface area contributed by atoms with Crippen LogP contribution in [0.2, 0.25) is 0 Å². The minimum atomic E-state index is -0.166. The maximum absolute atomic E-state index is 12.1. The Morgan fingerprint density at radius 3 is 2.76 bits per heavy atom. The van der Waals surface area contributed by atoms with Gasteiger partial charge < -0.3 is 5.32 Å². The molecule has 0 radical (unpaired) electrons. The number of carbonyl (C=O) groups is 1. The maximum Gasteiger partial charge on any atom is 0.259 e. The van der Waals surface area contributed by atoms with E-state index in [-0.39, 0.29) is 5.91 Å². The molecule has 6 nitrogen and oxygen atoms in total. The number of hydrogen-bond acceptors (Lipinski definition) is 3. The molecule has 0 saturated carbocycles. The van der Waals surface area contributed by atoms with Crippen LogP contribution in [0, 0.1) is 6.92 Å². The van der Waals surface area contributed by atoms with E-state index in [0.29, 0.717) is 12.1 Å². The van der Waals surface area contributed by atoms with Gasteiger partial charge in [0, 0.05) is 23.8 Å². The van der Waals surface area contributed by atoms with E-state index in [9.17, 15) is 4.79 Å². The molecule has 1 amide bonds. The number of hydrogen-bond donors (Lipinski definition) is 2. The van der Waals surface area contributed by atoms with Crippen molar-refractivity contribution in [3.8, 4) is 0 Å². The Kier molecular flexibility index (Phi) is 3.51. The zero-order chi connectivity index (χ0) is 14.7. The Hall–Kier alpha value is -2.89. The lowest BCUT2D eigenvalue weighted by Crippen LogP contribution is -2.12. The van der Waals surface area contributed by atoms with Gasteiger partial charge in [0.15, 0.2) is 0 Å². The van der Waals surface area contributed by atoms with Gasteiger partial charge in [-0.1, -0.05) is 12.1 Å². The van der Waals surface area contributed by atoms with Gasteiger partial charge in [0.25, 0.3) is 5.91 Å². The van der Waals surface area contributed by atoms with Crippen molar-refractivity contribution in [1.29, 1.82) is 0 Å². The van der Waals surface area contributed by atoms with Gasteiger partial charge in [-0.25, -0.2) is 0 Å². The molecular formula is C15H15N5O. The minimum Gasteiger partial charge on any atom is -0.322 e. The molecule has 3 aromatic rings. The Morgan fingerprint density at radius 1 is 1.33 bits per heavy atom. The fraction of sp³-hybridized carbons (Fsp3) is 0.133. The monoisotopic (exact) mass is 281 g/mol. The van der Waals surface area contributed by atoms with E-state index in [0.717, 1.165) is 16.9 Å². The normalized spacial score (nSPS) is 10.5. The van der Waals surface area contributed by atoms with Gasteiger partial charge in [0.05, 0.1) is 18.3 Å². The highest BCUT2D eigenvalue weighted by Crippen LogP contribution is 2.13. The average Bonchev–Trinajstić information content (AvgIpc) is 3.12. The van der Waals surface area contributed by atoms with Crippen LogP contribution in [0.5, 0.6) is 0 Å². The molecule has 0 aliphatic rings. The van der Waals surface area contributed by atoms with E-state index in [2.05, 4.69) is 20.6 Å². The molecule has 0 atom stereocenters. The number of carbonyl (C=O) groups excluding carboxylic acids is 1. The standard InChI is InChI=1S/C15H15N5O/c1-11-14(9-16-19-11)15(21)18-13-5-3-12(4-6-13)10-20-8-2-7-17-20/h2-9H,10H2,1H3,(H,16,19)(H,18,21). The van der Waals surface area contributed by atoms with Crippen molar-refractivity contribution in [3.05, 3.63) is 65.7 Å². The summed E-state index contributed by atoms with van der Waals surface area (Å²) in [5.74, 6) is -0.166. The third-order valence-electron chi connectivity index (χ3n) is 3.19. The second kappa shape index (κ2) is 5.62. The van der Waals surface area contributed by atoms with Gasteiger partial charge in [-0.3, -0.25) is 14.6 Å². The quantitative estimate of drug-likeness (QED) is 0.770. The summed E-state index contributed by atoms with van der Waals surface area (Å²) in [5.41, 5.74) is 3.18. The highest BCUT2D eigenvalue weighted by molar-refractivity contribution is 6.04. The molecule has 0 saturated heterocycles. The number of nitrogens with one attached hydrogen (secondary N) is 2. The summed E-state index contributed by atoms with van der Waals surface area (Å²) < 4.78 is 1.85. The number of aryl methyl sites for hydroxylation is 1. The number of aromatic nitrogens is 4. The SMILES string of the molecule is Cc1[nH]ncc1C(=O)Nc1ccc(Cn2cccn2)cc1. The summed E-state index contributed by atoms with van der Waals surface area (Å²) in [7, 11) is 0. The molecule has 2 aromatic heterocycles. The Morgan fingerprint density at radius 2 is 2.14 bits per heavy atom. The Balaban J connectivity index is 1.67. The first kappa shape index (κ1) is 13.1. The van der Waals surface area contributed by atoms with E-state index >= 15 is 0 Å². The fourth-order valence-electron chi connectivity index (χ4n) is 2.05. The molecule has 106 valence electrons. The van der Waals surface area contributed by atoms with Crippen molar-refractivity contribution in [2.24, 2.45) is 0 Å². The van der Waals surface area contributed by atoms with Gasteiger partial charge in [-0.15, -0.1) is 0 Å². The first-order valence-corrected chi connectivity index (χ1v) is 6.60. The predicted octanol–water partition coefficient (Wildman–Crippen LogP) is 2.22. The van der Waals surface area contributed by atoms with Gasteiger partial charge in [-0.2, -0.15) is 10.2 Å². The number of anilines is 1. The van der Waals surface area contributed by atoms with Crippen LogP contribution in [-0.2, 0) is 6.54 Å². The van der Waals surface area contributed by atoms with E-state index < -0.39 is 0 Å². The number of benzene rings is 1. The second-order valence-electron chi connectivity index (χ2n) is 4.76. The van der Waals surface area contributed by atoms with Crippen LogP contribution in [0.4, 0.5) is 5.69 Å². The van der Waals surface area contributed by atoms with Gasteiger partial charge in [0.1, 0.15) is 0 Å². The lowest BCUT2D eigenvalue weighted by atomic mass is 10.2. The minimum absolute atomic E-state index is 0.166. The molecule has 1 aromatic carbocycles. The number of aromatic amines is 1. The van der Waals surface area contributed by atoms with E-state index in [4.69, 9.17) is 0 Å². The molecule has 0 bridgehead atoms. The highest BCUT2D eigenvalue weighted by atomic mass is 16.1. The van der Waals surface area contributed by atoms with Crippen molar-refractivity contribution >= 4 is 11.6 Å². The fourth-order valence-corrected chi connectivity index (χ4v) is 2.05. The third kappa shape index (κ3) is 3.00. The summed E-state index contributed by atoms with van der Waals surface area (Å²) in [6.07, 6.45) is 5.19. The lowest BCUT2D eigenvalue weighted by molar-refractivity contribution is 0.102. The second-order valence-corrected chi connectivity index (χ2v) is 4.76. The Labute approximate surface area is 121 Å². The maximum atomic E-state index is 12.1. The highest BCUT2D eigenvalue weighted by Gasteiger charge is 2.10. The predicted molar refractivity (Wildman–Crippen MR) is 79.0 cm³/mol. The molecule has 21 heavy (non-hydrogen) atoms. The summed E-state index contributed by atoms with van der Waals surface area (Å²) in [5, 5.41) is 13.6. The zero-order valence-electron chi connectivity index (χ0n) is 11.6. The van der Waals surface area contributed by atoms with Crippen LogP contribution >= 0.6 is 0 Å². The average molecular weight is 281 g/mol. The number of rotatable bonds is 4. The molecule has 2 heterocycles. The van der Waals surface area contributed by atoms with Crippen LogP contribution in [0.3, 0.4) is 0 Å². The number of H-pyrrole nitrogens is 1. The summed E-state index contributed by atoms with van der Waals surface area (Å²) in [4.78, 5) is 12.1. The number of nitrogens with zero attached hydrogens (tertiary/aromatic N) is 3. The van der Waals surface area contributed by atoms with Crippen LogP contribution in [0.1, 0.15) is 21.6 Å². The molecule has 0 spiro atoms. The number of amides is 1. The van der Waals surface area contributed by atoms with Gasteiger partial charge in [0.2, 0.25) is 0 Å². The first-order valence-electron chi connectivity index (χ1n) is 6.60. The molecule has 2 N–H and O–H groups in total. The molecule has 6 heteroatoms. The van der Waals surface area contributed by atoms with Crippen LogP contribution in [0.15, 0.2) is 48.9 Å². The summed E-state index contributed by atoms with van der Waals surface area (Å²) in [6, 6.07) is 9.60. The molecule has 0 fully saturated rings. The van der Waals surface area contributed by atoms with E-state index in [1.807, 2.05) is 48.1 Å². The molecule has 3 rings (SSSR count). The van der Waals surface area contributed by atoms with Crippen molar-refractivity contribution in [3.63, 3.8) is 0 Å². The van der Waals surface area contributed by atoms with Gasteiger partial charge in [-0.05, 0) is 30.7 Å². The van der Waals surface area contributed by atoms with Crippen molar-refractivity contribution in [2.45, 2.75) is 13.5 Å². The van der Waals surface area contributed by atoms with E-state index in [1.165, 1.54) is 6.20 Å². The van der Waals surface area contributed by atoms with Crippen molar-refractivity contribution < 1.29 is 4.79 Å². The third-order valence-corrected chi connectivity index (χ3v) is 3.19. The van der Waals surface area contributed by atoms with E-state index in [1.54, 1.807) is 6.20 Å². The molecule has 0 aliphatic heterocycles. The van der Waals surface area contributed by atoms with Crippen molar-refractivity contribution in [1.82, 2.24) is 20.0 Å². The molecular weight excluding hydrogens is 266 g/mol. The van der Waals surface area contributed by atoms with Crippen LogP contribution < -0.4 is 5.32 Å². The summed E-state index contributed by atoms with van der Waals surface area (Å²) >= 11 is 0.